The van der Waals surface area contributed by atoms with E-state index < -0.39 is 0 Å². The molecule has 6 heteroatoms. The topological polar surface area (TPSA) is 17.8 Å². The number of hydrogen-bond acceptors (Lipinski definition) is 1. The van der Waals surface area contributed by atoms with E-state index in [0.29, 0.717) is 22.1 Å². The first-order valence-corrected chi connectivity index (χ1v) is 15.2. The second-order valence-corrected chi connectivity index (χ2v) is 11.7. The predicted molar refractivity (Wildman–Crippen MR) is 199 cm³/mol. The maximum absolute atomic E-state index is 6.68. The van der Waals surface area contributed by atoms with Gasteiger partial charge in [-0.05, 0) is 74.5 Å². The van der Waals surface area contributed by atoms with Gasteiger partial charge in [0.15, 0.2) is 0 Å². The molecule has 0 aliphatic heterocycles. The number of aromatic nitrogens is 2. The molecule has 0 saturated heterocycles. The predicted octanol–water partition coefficient (Wildman–Crippen LogP) is 5.82. The van der Waals surface area contributed by atoms with Crippen LogP contribution in [0.1, 0.15) is 5.56 Å². The molecule has 0 N–H and O–H groups in total. The molecule has 1 heterocycles. The van der Waals surface area contributed by atoms with Gasteiger partial charge < -0.3 is 0 Å². The van der Waals surface area contributed by atoms with E-state index in [1.54, 1.807) is 0 Å². The molecule has 8 rings (SSSR count). The summed E-state index contributed by atoms with van der Waals surface area (Å²) < 4.78 is 2.06. The molecule has 0 amide bonds. The monoisotopic (exact) mass is 576 g/mol. The van der Waals surface area contributed by atoms with Crippen LogP contribution in [0, 0.1) is 6.92 Å². The summed E-state index contributed by atoms with van der Waals surface area (Å²) in [7, 11) is 25.8. The SMILES string of the molecule is [B]c1c([B])c([B])c(-n2c(-c3cccc(-c4c5ccccc5c(-c5ccccc5)c5ccccc45)c3)nc3ccccc32)c(C)c1[B]. The van der Waals surface area contributed by atoms with Crippen molar-refractivity contribution in [1.29, 1.82) is 0 Å². The fourth-order valence-electron chi connectivity index (χ4n) is 6.85. The first-order valence-electron chi connectivity index (χ1n) is 15.2. The van der Waals surface area contributed by atoms with E-state index >= 15 is 0 Å². The first kappa shape index (κ1) is 28.3. The highest BCUT2D eigenvalue weighted by Crippen LogP contribution is 2.44. The first-order chi connectivity index (χ1) is 22.4. The van der Waals surface area contributed by atoms with Gasteiger partial charge in [0.1, 0.15) is 37.2 Å². The summed E-state index contributed by atoms with van der Waals surface area (Å²) in [6.45, 7) is 1.92. The molecule has 0 bridgehead atoms. The number of hydrogen-bond donors (Lipinski definition) is 0. The highest BCUT2D eigenvalue weighted by molar-refractivity contribution is 6.63. The van der Waals surface area contributed by atoms with Crippen molar-refractivity contribution in [2.24, 2.45) is 0 Å². The van der Waals surface area contributed by atoms with E-state index in [-0.39, 0.29) is 5.46 Å². The summed E-state index contributed by atoms with van der Waals surface area (Å²) >= 11 is 0. The summed E-state index contributed by atoms with van der Waals surface area (Å²) in [5.41, 5.74) is 10.1. The van der Waals surface area contributed by atoms with Crippen LogP contribution in [0.15, 0.2) is 127 Å². The molecule has 0 aliphatic rings. The molecule has 7 aromatic carbocycles. The third kappa shape index (κ3) is 4.28. The zero-order valence-corrected chi connectivity index (χ0v) is 25.3. The van der Waals surface area contributed by atoms with Crippen LogP contribution in [-0.2, 0) is 0 Å². The average Bonchev–Trinajstić information content (AvgIpc) is 3.48. The quantitative estimate of drug-likeness (QED) is 0.191. The van der Waals surface area contributed by atoms with E-state index in [1.165, 1.54) is 38.2 Å². The zero-order valence-electron chi connectivity index (χ0n) is 25.3. The largest absolute Gasteiger partial charge is 0.293 e. The Bertz CT molecular complexity index is 2400. The average molecular weight is 576 g/mol. The summed E-state index contributed by atoms with van der Waals surface area (Å²) in [6, 6.07) is 44.5. The van der Waals surface area contributed by atoms with Crippen molar-refractivity contribution in [1.82, 2.24) is 9.55 Å². The molecule has 0 atom stereocenters. The standard InChI is InChI=1S/C40H24B4N2/c1-23-35(41)36(42)37(43)38(44)39(23)46-32-21-10-9-20-31(32)45-40(46)26-15-11-14-25(22-26)34-29-18-7-5-16-27(29)33(24-12-3-2-4-13-24)28-17-6-8-19-30(28)34/h2-22H,1H3. The Morgan fingerprint density at radius 1 is 0.478 bits per heavy atom. The molecule has 0 fully saturated rings. The van der Waals surface area contributed by atoms with Gasteiger partial charge in [-0.1, -0.05) is 120 Å². The van der Waals surface area contributed by atoms with Gasteiger partial charge in [0.2, 0.25) is 0 Å². The van der Waals surface area contributed by atoms with Crippen molar-refractivity contribution in [3.05, 3.63) is 133 Å². The number of fused-ring (bicyclic) bond motifs is 3. The van der Waals surface area contributed by atoms with E-state index in [1.807, 2.05) is 31.2 Å². The molecular weight excluding hydrogens is 552 g/mol. The van der Waals surface area contributed by atoms with Gasteiger partial charge in [-0.15, -0.1) is 10.9 Å². The minimum absolute atomic E-state index is 0.270. The van der Waals surface area contributed by atoms with Gasteiger partial charge in [0, 0.05) is 11.3 Å². The lowest BCUT2D eigenvalue weighted by atomic mass is 9.64. The van der Waals surface area contributed by atoms with Crippen LogP contribution in [0.4, 0.5) is 0 Å². The second-order valence-electron chi connectivity index (χ2n) is 11.7. The zero-order chi connectivity index (χ0) is 31.5. The second kappa shape index (κ2) is 11.0. The molecule has 2 nitrogen and oxygen atoms in total. The number of benzene rings is 7. The molecule has 1 aromatic heterocycles. The highest BCUT2D eigenvalue weighted by atomic mass is 15.1. The van der Waals surface area contributed by atoms with Crippen molar-refractivity contribution < 1.29 is 0 Å². The Kier molecular flexibility index (Phi) is 6.76. The van der Waals surface area contributed by atoms with Gasteiger partial charge in [-0.2, -0.15) is 0 Å². The van der Waals surface area contributed by atoms with Gasteiger partial charge in [0.25, 0.3) is 0 Å². The molecule has 8 radical (unpaired) electrons. The number of imidazole rings is 1. The van der Waals surface area contributed by atoms with Gasteiger partial charge in [-0.3, -0.25) is 4.57 Å². The van der Waals surface area contributed by atoms with E-state index in [4.69, 9.17) is 36.4 Å². The van der Waals surface area contributed by atoms with E-state index in [0.717, 1.165) is 33.5 Å². The molecule has 0 saturated carbocycles. The molecule has 0 aliphatic carbocycles. The minimum atomic E-state index is 0.270. The molecule has 0 spiro atoms. The van der Waals surface area contributed by atoms with Crippen LogP contribution < -0.4 is 21.9 Å². The van der Waals surface area contributed by atoms with Crippen LogP contribution >= 0.6 is 0 Å². The van der Waals surface area contributed by atoms with Gasteiger partial charge >= 0.3 is 0 Å². The van der Waals surface area contributed by atoms with Crippen LogP contribution in [-0.4, -0.2) is 40.9 Å². The molecule has 0 unspecified atom stereocenters. The molecular formula is C40H24B4N2. The number of para-hydroxylation sites is 2. The summed E-state index contributed by atoms with van der Waals surface area (Å²) in [6.07, 6.45) is 0. The lowest BCUT2D eigenvalue weighted by Gasteiger charge is -2.23. The number of rotatable bonds is 4. The molecule has 206 valence electrons. The van der Waals surface area contributed by atoms with Crippen LogP contribution in [0.25, 0.3) is 71.9 Å². The number of nitrogens with zero attached hydrogens (tertiary/aromatic N) is 2. The van der Waals surface area contributed by atoms with Crippen LogP contribution in [0.3, 0.4) is 0 Å². The highest BCUT2D eigenvalue weighted by Gasteiger charge is 2.21. The maximum atomic E-state index is 6.68. The maximum Gasteiger partial charge on any atom is 0.145 e. The molecule has 46 heavy (non-hydrogen) atoms. The van der Waals surface area contributed by atoms with Crippen LogP contribution in [0.2, 0.25) is 0 Å². The third-order valence-electron chi connectivity index (χ3n) is 9.07. The van der Waals surface area contributed by atoms with Crippen molar-refractivity contribution >= 4 is 85.8 Å². The van der Waals surface area contributed by atoms with Crippen molar-refractivity contribution in [2.45, 2.75) is 6.92 Å². The Hall–Kier alpha value is -5.21. The lowest BCUT2D eigenvalue weighted by Crippen LogP contribution is -2.50. The molecule has 8 aromatic rings. The van der Waals surface area contributed by atoms with E-state index in [2.05, 4.69) is 108 Å². The van der Waals surface area contributed by atoms with Crippen LogP contribution in [0.5, 0.6) is 0 Å². The smallest absolute Gasteiger partial charge is 0.145 e. The Labute approximate surface area is 273 Å². The normalized spacial score (nSPS) is 11.5. The van der Waals surface area contributed by atoms with Gasteiger partial charge in [-0.25, -0.2) is 4.98 Å². The summed E-state index contributed by atoms with van der Waals surface area (Å²) in [5.74, 6) is 0.732. The third-order valence-corrected chi connectivity index (χ3v) is 9.07. The fraction of sp³-hybridized carbons (Fsp3) is 0.0250. The Morgan fingerprint density at radius 3 is 1.63 bits per heavy atom. The van der Waals surface area contributed by atoms with Crippen molar-refractivity contribution in [3.8, 4) is 39.3 Å². The fourth-order valence-corrected chi connectivity index (χ4v) is 6.85. The summed E-state index contributed by atoms with van der Waals surface area (Å²) in [5, 5.41) is 4.78. The van der Waals surface area contributed by atoms with E-state index in [9.17, 15) is 0 Å². The van der Waals surface area contributed by atoms with Crippen molar-refractivity contribution in [3.63, 3.8) is 0 Å². The lowest BCUT2D eigenvalue weighted by molar-refractivity contribution is 1.10. The Morgan fingerprint density at radius 2 is 0.978 bits per heavy atom. The minimum Gasteiger partial charge on any atom is -0.293 e. The van der Waals surface area contributed by atoms with Gasteiger partial charge in [0.05, 0.1) is 11.0 Å². The summed E-state index contributed by atoms with van der Waals surface area (Å²) in [4.78, 5) is 5.13. The Balaban J connectivity index is 1.43. The van der Waals surface area contributed by atoms with Crippen molar-refractivity contribution in [2.75, 3.05) is 0 Å².